The molecule has 0 radical (unpaired) electrons. The van der Waals surface area contributed by atoms with Gasteiger partial charge >= 0.3 is 0 Å². The van der Waals surface area contributed by atoms with E-state index in [0.29, 0.717) is 25.3 Å². The fraction of sp³-hybridized carbons (Fsp3) is 0.500. The monoisotopic (exact) mass is 303 g/mol. The van der Waals surface area contributed by atoms with Crippen LogP contribution >= 0.6 is 0 Å². The minimum Gasteiger partial charge on any atom is -0.495 e. The number of para-hydroxylation sites is 2. The van der Waals surface area contributed by atoms with Crippen LogP contribution in [0.5, 0.6) is 5.75 Å². The number of ether oxygens (including phenoxy) is 1. The van der Waals surface area contributed by atoms with Crippen LogP contribution in [-0.4, -0.2) is 44.6 Å². The van der Waals surface area contributed by atoms with E-state index in [0.717, 1.165) is 18.7 Å². The molecule has 2 atom stereocenters. The number of methoxy groups -OCH3 is 1. The van der Waals surface area contributed by atoms with Crippen LogP contribution in [0.3, 0.4) is 0 Å². The van der Waals surface area contributed by atoms with Crippen molar-refractivity contribution in [1.82, 2.24) is 10.6 Å². The van der Waals surface area contributed by atoms with Crippen LogP contribution in [0.25, 0.3) is 0 Å². The summed E-state index contributed by atoms with van der Waals surface area (Å²) in [5.41, 5.74) is 0.759. The summed E-state index contributed by atoms with van der Waals surface area (Å²) in [5.74, 6) is 0.560. The van der Waals surface area contributed by atoms with E-state index >= 15 is 0 Å². The van der Waals surface area contributed by atoms with Gasteiger partial charge in [-0.2, -0.15) is 0 Å². The number of hydrogen-bond acceptors (Lipinski definition) is 4. The van der Waals surface area contributed by atoms with Gasteiger partial charge in [0, 0.05) is 13.1 Å². The Bertz CT molecular complexity index is 570. The smallest absolute Gasteiger partial charge is 0.249 e. The number of rotatable bonds is 4. The molecule has 118 valence electrons. The molecular weight excluding hydrogens is 282 g/mol. The van der Waals surface area contributed by atoms with Crippen molar-refractivity contribution < 1.29 is 14.3 Å². The number of nitrogens with one attached hydrogen (secondary N) is 2. The maximum Gasteiger partial charge on any atom is 0.249 e. The topological polar surface area (TPSA) is 70.7 Å². The Labute approximate surface area is 129 Å². The summed E-state index contributed by atoms with van der Waals surface area (Å²) in [7, 11) is 1.59. The molecule has 0 aromatic heterocycles. The molecule has 0 aliphatic carbocycles. The van der Waals surface area contributed by atoms with Gasteiger partial charge < -0.3 is 20.3 Å². The fourth-order valence-corrected chi connectivity index (χ4v) is 3.07. The Morgan fingerprint density at radius 1 is 1.36 bits per heavy atom. The van der Waals surface area contributed by atoms with E-state index in [9.17, 15) is 9.59 Å². The largest absolute Gasteiger partial charge is 0.495 e. The first-order chi connectivity index (χ1) is 10.7. The fourth-order valence-electron chi connectivity index (χ4n) is 3.07. The first kappa shape index (κ1) is 14.8. The Balaban J connectivity index is 1.68. The average molecular weight is 303 g/mol. The first-order valence-corrected chi connectivity index (χ1v) is 7.66. The van der Waals surface area contributed by atoms with Gasteiger partial charge in [-0.15, -0.1) is 0 Å². The van der Waals surface area contributed by atoms with Gasteiger partial charge in [-0.05, 0) is 31.5 Å². The van der Waals surface area contributed by atoms with Gasteiger partial charge in [0.2, 0.25) is 11.8 Å². The molecule has 2 aliphatic heterocycles. The Morgan fingerprint density at radius 2 is 2.18 bits per heavy atom. The Kier molecular flexibility index (Phi) is 4.29. The maximum absolute atomic E-state index is 12.6. The Hall–Kier alpha value is -2.08. The van der Waals surface area contributed by atoms with Gasteiger partial charge in [-0.1, -0.05) is 12.1 Å². The highest BCUT2D eigenvalue weighted by Gasteiger charge is 2.36. The third kappa shape index (κ3) is 2.78. The summed E-state index contributed by atoms with van der Waals surface area (Å²) in [6.07, 6.45) is 1.46. The van der Waals surface area contributed by atoms with Crippen molar-refractivity contribution in [2.75, 3.05) is 31.6 Å². The van der Waals surface area contributed by atoms with E-state index in [2.05, 4.69) is 10.6 Å². The van der Waals surface area contributed by atoms with E-state index in [4.69, 9.17) is 4.74 Å². The summed E-state index contributed by atoms with van der Waals surface area (Å²) in [6, 6.07) is 7.01. The molecule has 2 N–H and O–H groups in total. The quantitative estimate of drug-likeness (QED) is 0.851. The average Bonchev–Trinajstić information content (AvgIpc) is 3.18. The molecule has 6 nitrogen and oxygen atoms in total. The minimum absolute atomic E-state index is 0.0203. The molecule has 2 unspecified atom stereocenters. The number of amides is 2. The second-order valence-corrected chi connectivity index (χ2v) is 5.70. The number of carbonyl (C=O) groups is 2. The predicted octanol–water partition coefficient (Wildman–Crippen LogP) is 0.526. The second kappa shape index (κ2) is 6.36. The van der Waals surface area contributed by atoms with E-state index in [1.165, 1.54) is 0 Å². The van der Waals surface area contributed by atoms with Crippen molar-refractivity contribution in [3.63, 3.8) is 0 Å². The van der Waals surface area contributed by atoms with E-state index < -0.39 is 6.04 Å². The van der Waals surface area contributed by atoms with Crippen LogP contribution < -0.4 is 20.3 Å². The van der Waals surface area contributed by atoms with Crippen LogP contribution in [0.1, 0.15) is 12.8 Å². The van der Waals surface area contributed by atoms with E-state index in [1.54, 1.807) is 12.0 Å². The highest BCUT2D eigenvalue weighted by Crippen LogP contribution is 2.31. The summed E-state index contributed by atoms with van der Waals surface area (Å²) < 4.78 is 5.31. The van der Waals surface area contributed by atoms with Crippen LogP contribution in [0.15, 0.2) is 24.3 Å². The van der Waals surface area contributed by atoms with Gasteiger partial charge in [0.15, 0.2) is 0 Å². The van der Waals surface area contributed by atoms with Crippen molar-refractivity contribution >= 4 is 17.5 Å². The summed E-state index contributed by atoms with van der Waals surface area (Å²) in [5, 5.41) is 6.06. The van der Waals surface area contributed by atoms with Crippen LogP contribution in [0.4, 0.5) is 5.69 Å². The summed E-state index contributed by atoms with van der Waals surface area (Å²) >= 11 is 0. The highest BCUT2D eigenvalue weighted by atomic mass is 16.5. The summed E-state index contributed by atoms with van der Waals surface area (Å²) in [6.45, 7) is 2.15. The van der Waals surface area contributed by atoms with Gasteiger partial charge in [0.1, 0.15) is 11.8 Å². The van der Waals surface area contributed by atoms with Gasteiger partial charge in [-0.25, -0.2) is 0 Å². The Morgan fingerprint density at radius 3 is 2.91 bits per heavy atom. The van der Waals surface area contributed by atoms with Crippen molar-refractivity contribution in [2.45, 2.75) is 18.9 Å². The molecule has 0 saturated carbocycles. The maximum atomic E-state index is 12.6. The molecule has 6 heteroatoms. The third-order valence-corrected chi connectivity index (χ3v) is 4.33. The van der Waals surface area contributed by atoms with E-state index in [1.807, 2.05) is 24.3 Å². The van der Waals surface area contributed by atoms with Gasteiger partial charge in [0.05, 0.1) is 18.7 Å². The van der Waals surface area contributed by atoms with Crippen LogP contribution in [0, 0.1) is 5.92 Å². The van der Waals surface area contributed by atoms with Crippen LogP contribution in [-0.2, 0) is 9.59 Å². The molecule has 2 amide bonds. The lowest BCUT2D eigenvalue weighted by molar-refractivity contribution is -0.128. The first-order valence-electron chi connectivity index (χ1n) is 7.66. The van der Waals surface area contributed by atoms with Crippen molar-refractivity contribution in [3.05, 3.63) is 24.3 Å². The molecular formula is C16H21N3O3. The molecule has 0 bridgehead atoms. The number of benzene rings is 1. The summed E-state index contributed by atoms with van der Waals surface area (Å²) in [4.78, 5) is 26.4. The second-order valence-electron chi connectivity index (χ2n) is 5.70. The molecule has 2 heterocycles. The number of carbonyl (C=O) groups excluding carboxylic acids is 2. The van der Waals surface area contributed by atoms with Crippen molar-refractivity contribution in [2.24, 2.45) is 5.92 Å². The van der Waals surface area contributed by atoms with Gasteiger partial charge in [0.25, 0.3) is 0 Å². The van der Waals surface area contributed by atoms with Crippen molar-refractivity contribution in [1.29, 1.82) is 0 Å². The van der Waals surface area contributed by atoms with Crippen molar-refractivity contribution in [3.8, 4) is 5.75 Å². The lowest BCUT2D eigenvalue weighted by Gasteiger charge is -2.20. The molecule has 2 fully saturated rings. The van der Waals surface area contributed by atoms with Gasteiger partial charge in [-0.3, -0.25) is 9.59 Å². The molecule has 1 aromatic carbocycles. The molecule has 2 aliphatic rings. The molecule has 2 saturated heterocycles. The zero-order chi connectivity index (χ0) is 15.5. The normalized spacial score (nSPS) is 24.6. The zero-order valence-electron chi connectivity index (χ0n) is 12.7. The van der Waals surface area contributed by atoms with Crippen LogP contribution in [0.2, 0.25) is 0 Å². The standard InChI is InChI=1S/C16H21N3O3/c1-22-14-5-3-2-4-13(14)19-9-7-12(16(19)21)18-15(20)11-6-8-17-10-11/h2-5,11-12,17H,6-10H2,1H3,(H,18,20). The predicted molar refractivity (Wildman–Crippen MR) is 82.9 cm³/mol. The molecule has 22 heavy (non-hydrogen) atoms. The van der Waals surface area contributed by atoms with E-state index in [-0.39, 0.29) is 17.7 Å². The lowest BCUT2D eigenvalue weighted by atomic mass is 10.1. The molecule has 3 rings (SSSR count). The number of hydrogen-bond donors (Lipinski definition) is 2. The highest BCUT2D eigenvalue weighted by molar-refractivity contribution is 6.02. The molecule has 1 aromatic rings. The SMILES string of the molecule is COc1ccccc1N1CCC(NC(=O)C2CCNC2)C1=O. The zero-order valence-corrected chi connectivity index (χ0v) is 12.7. The number of nitrogens with zero attached hydrogens (tertiary/aromatic N) is 1. The number of anilines is 1. The third-order valence-electron chi connectivity index (χ3n) is 4.33. The lowest BCUT2D eigenvalue weighted by Crippen LogP contribution is -2.44. The minimum atomic E-state index is -0.432. The molecule has 0 spiro atoms.